The molecule has 0 atom stereocenters. The van der Waals surface area contributed by atoms with E-state index in [2.05, 4.69) is 10.3 Å². The lowest BCUT2D eigenvalue weighted by molar-refractivity contribution is 0.102. The standard InChI is InChI=1S/C16H10Cl2N2O/c17-11-7-12(18)9-13(8-11)19-16(21)15-6-5-10-3-1-2-4-14(10)20-15/h1-9H,(H,19,21). The molecule has 0 saturated heterocycles. The number of halogens is 2. The van der Waals surface area contributed by atoms with Crippen molar-refractivity contribution in [2.45, 2.75) is 0 Å². The molecule has 0 aliphatic heterocycles. The number of amides is 1. The summed E-state index contributed by atoms with van der Waals surface area (Å²) in [4.78, 5) is 16.6. The van der Waals surface area contributed by atoms with Crippen LogP contribution in [0.15, 0.2) is 54.6 Å². The summed E-state index contributed by atoms with van der Waals surface area (Å²) in [6.07, 6.45) is 0. The summed E-state index contributed by atoms with van der Waals surface area (Å²) in [6, 6.07) is 16.0. The summed E-state index contributed by atoms with van der Waals surface area (Å²) in [5.41, 5.74) is 1.64. The molecule has 3 rings (SSSR count). The van der Waals surface area contributed by atoms with Gasteiger partial charge in [0.1, 0.15) is 5.69 Å². The molecule has 1 amide bonds. The van der Waals surface area contributed by atoms with Gasteiger partial charge in [-0.1, -0.05) is 47.5 Å². The van der Waals surface area contributed by atoms with E-state index in [1.54, 1.807) is 24.3 Å². The van der Waals surface area contributed by atoms with Crippen LogP contribution in [0.1, 0.15) is 10.5 Å². The van der Waals surface area contributed by atoms with Gasteiger partial charge in [0, 0.05) is 21.1 Å². The maximum absolute atomic E-state index is 12.2. The zero-order valence-electron chi connectivity index (χ0n) is 10.8. The first-order chi connectivity index (χ1) is 10.1. The van der Waals surface area contributed by atoms with Gasteiger partial charge in [-0.25, -0.2) is 4.98 Å². The molecule has 0 fully saturated rings. The lowest BCUT2D eigenvalue weighted by Gasteiger charge is -2.06. The van der Waals surface area contributed by atoms with Crippen LogP contribution in [0.4, 0.5) is 5.69 Å². The number of fused-ring (bicyclic) bond motifs is 1. The highest BCUT2D eigenvalue weighted by atomic mass is 35.5. The van der Waals surface area contributed by atoms with Crippen LogP contribution in [-0.2, 0) is 0 Å². The number of aromatic nitrogens is 1. The Hall–Kier alpha value is -2.10. The molecule has 0 bridgehead atoms. The molecule has 5 heteroatoms. The Morgan fingerprint density at radius 3 is 2.43 bits per heavy atom. The SMILES string of the molecule is O=C(Nc1cc(Cl)cc(Cl)c1)c1ccc2ccccc2n1. The van der Waals surface area contributed by atoms with Crippen LogP contribution < -0.4 is 5.32 Å². The second-order valence-corrected chi connectivity index (χ2v) is 5.37. The number of hydrogen-bond acceptors (Lipinski definition) is 2. The van der Waals surface area contributed by atoms with Crippen molar-refractivity contribution in [2.75, 3.05) is 5.32 Å². The first-order valence-corrected chi connectivity index (χ1v) is 7.01. The molecule has 3 nitrogen and oxygen atoms in total. The van der Waals surface area contributed by atoms with E-state index in [-0.39, 0.29) is 5.91 Å². The van der Waals surface area contributed by atoms with Crippen LogP contribution >= 0.6 is 23.2 Å². The van der Waals surface area contributed by atoms with Crippen molar-refractivity contribution in [3.05, 3.63) is 70.3 Å². The van der Waals surface area contributed by atoms with Gasteiger partial charge in [0.05, 0.1) is 5.52 Å². The van der Waals surface area contributed by atoms with Crippen molar-refractivity contribution >= 4 is 45.7 Å². The van der Waals surface area contributed by atoms with Gasteiger partial charge < -0.3 is 5.32 Å². The number of pyridine rings is 1. The van der Waals surface area contributed by atoms with Gasteiger partial charge in [-0.2, -0.15) is 0 Å². The molecule has 0 aliphatic carbocycles. The lowest BCUT2D eigenvalue weighted by Crippen LogP contribution is -2.13. The average Bonchev–Trinajstić information content (AvgIpc) is 2.45. The number of rotatable bonds is 2. The van der Waals surface area contributed by atoms with E-state index in [0.29, 0.717) is 21.4 Å². The Kier molecular flexibility index (Phi) is 3.78. The summed E-state index contributed by atoms with van der Waals surface area (Å²) >= 11 is 11.8. The van der Waals surface area contributed by atoms with Gasteiger partial charge in [0.25, 0.3) is 5.91 Å². The minimum atomic E-state index is -0.306. The summed E-state index contributed by atoms with van der Waals surface area (Å²) in [7, 11) is 0. The summed E-state index contributed by atoms with van der Waals surface area (Å²) in [6.45, 7) is 0. The van der Waals surface area contributed by atoms with Crippen LogP contribution in [0.5, 0.6) is 0 Å². The molecule has 3 aromatic rings. The Bertz CT molecular complexity index is 813. The topological polar surface area (TPSA) is 42.0 Å². The predicted molar refractivity (Wildman–Crippen MR) is 86.2 cm³/mol. The minimum Gasteiger partial charge on any atom is -0.321 e. The fourth-order valence-corrected chi connectivity index (χ4v) is 2.54. The quantitative estimate of drug-likeness (QED) is 0.738. The van der Waals surface area contributed by atoms with E-state index < -0.39 is 0 Å². The molecule has 0 saturated carbocycles. The lowest BCUT2D eigenvalue weighted by atomic mass is 10.2. The van der Waals surface area contributed by atoms with Crippen molar-refractivity contribution in [1.29, 1.82) is 0 Å². The maximum atomic E-state index is 12.2. The number of hydrogen-bond donors (Lipinski definition) is 1. The van der Waals surface area contributed by atoms with Crippen molar-refractivity contribution in [1.82, 2.24) is 4.98 Å². The average molecular weight is 317 g/mol. The molecule has 1 heterocycles. The third-order valence-electron chi connectivity index (χ3n) is 2.95. The van der Waals surface area contributed by atoms with E-state index in [9.17, 15) is 4.79 Å². The number of carbonyl (C=O) groups excluding carboxylic acids is 1. The number of nitrogens with one attached hydrogen (secondary N) is 1. The predicted octanol–water partition coefficient (Wildman–Crippen LogP) is 4.79. The summed E-state index contributed by atoms with van der Waals surface area (Å²) in [5, 5.41) is 4.64. The van der Waals surface area contributed by atoms with Gasteiger partial charge in [-0.15, -0.1) is 0 Å². The van der Waals surface area contributed by atoms with Gasteiger partial charge in [0.2, 0.25) is 0 Å². The van der Waals surface area contributed by atoms with E-state index in [1.807, 2.05) is 30.3 Å². The molecule has 0 aliphatic rings. The van der Waals surface area contributed by atoms with Gasteiger partial charge in [-0.3, -0.25) is 4.79 Å². The Balaban J connectivity index is 1.89. The Morgan fingerprint density at radius 1 is 0.952 bits per heavy atom. The molecular formula is C16H10Cl2N2O. The molecule has 0 unspecified atom stereocenters. The van der Waals surface area contributed by atoms with Crippen molar-refractivity contribution < 1.29 is 4.79 Å². The van der Waals surface area contributed by atoms with Crippen molar-refractivity contribution in [3.63, 3.8) is 0 Å². The second-order valence-electron chi connectivity index (χ2n) is 4.50. The Morgan fingerprint density at radius 2 is 1.67 bits per heavy atom. The molecule has 0 radical (unpaired) electrons. The fraction of sp³-hybridized carbons (Fsp3) is 0. The second kappa shape index (κ2) is 5.72. The molecule has 2 aromatic carbocycles. The zero-order chi connectivity index (χ0) is 14.8. The van der Waals surface area contributed by atoms with Crippen LogP contribution in [0.25, 0.3) is 10.9 Å². The third kappa shape index (κ3) is 3.15. The normalized spacial score (nSPS) is 10.6. The maximum Gasteiger partial charge on any atom is 0.274 e. The van der Waals surface area contributed by atoms with Crippen LogP contribution in [0, 0.1) is 0 Å². The monoisotopic (exact) mass is 316 g/mol. The first kappa shape index (κ1) is 13.9. The summed E-state index contributed by atoms with van der Waals surface area (Å²) in [5.74, 6) is -0.306. The van der Waals surface area contributed by atoms with Crippen LogP contribution in [0.2, 0.25) is 10.0 Å². The van der Waals surface area contributed by atoms with E-state index in [0.717, 1.165) is 10.9 Å². The zero-order valence-corrected chi connectivity index (χ0v) is 12.3. The van der Waals surface area contributed by atoms with Crippen molar-refractivity contribution in [3.8, 4) is 0 Å². The molecule has 21 heavy (non-hydrogen) atoms. The number of benzene rings is 2. The molecule has 1 N–H and O–H groups in total. The number of para-hydroxylation sites is 1. The first-order valence-electron chi connectivity index (χ1n) is 6.25. The van der Waals surface area contributed by atoms with Crippen LogP contribution in [-0.4, -0.2) is 10.9 Å². The van der Waals surface area contributed by atoms with E-state index in [1.165, 1.54) is 0 Å². The van der Waals surface area contributed by atoms with Gasteiger partial charge in [-0.05, 0) is 30.3 Å². The molecule has 1 aromatic heterocycles. The number of anilines is 1. The van der Waals surface area contributed by atoms with E-state index >= 15 is 0 Å². The minimum absolute atomic E-state index is 0.306. The fourth-order valence-electron chi connectivity index (χ4n) is 2.01. The largest absolute Gasteiger partial charge is 0.321 e. The van der Waals surface area contributed by atoms with E-state index in [4.69, 9.17) is 23.2 Å². The highest BCUT2D eigenvalue weighted by Crippen LogP contribution is 2.23. The van der Waals surface area contributed by atoms with Gasteiger partial charge >= 0.3 is 0 Å². The number of nitrogens with zero attached hydrogens (tertiary/aromatic N) is 1. The highest BCUT2D eigenvalue weighted by Gasteiger charge is 2.09. The molecule has 0 spiro atoms. The van der Waals surface area contributed by atoms with Crippen molar-refractivity contribution in [2.24, 2.45) is 0 Å². The molecule has 104 valence electrons. The smallest absolute Gasteiger partial charge is 0.274 e. The van der Waals surface area contributed by atoms with Crippen LogP contribution in [0.3, 0.4) is 0 Å². The summed E-state index contributed by atoms with van der Waals surface area (Å²) < 4.78 is 0. The van der Waals surface area contributed by atoms with Gasteiger partial charge in [0.15, 0.2) is 0 Å². The molecular weight excluding hydrogens is 307 g/mol. The third-order valence-corrected chi connectivity index (χ3v) is 3.39. The highest BCUT2D eigenvalue weighted by molar-refractivity contribution is 6.35. The Labute approximate surface area is 131 Å². The number of carbonyl (C=O) groups is 1.